The van der Waals surface area contributed by atoms with Crippen molar-refractivity contribution < 1.29 is 9.53 Å². The molecule has 18 heavy (non-hydrogen) atoms. The van der Waals surface area contributed by atoms with Gasteiger partial charge in [-0.05, 0) is 17.7 Å². The molecule has 0 amide bonds. The number of benzene rings is 2. The van der Waals surface area contributed by atoms with Crippen LogP contribution in [0.1, 0.15) is 15.9 Å². The lowest BCUT2D eigenvalue weighted by Crippen LogP contribution is -1.99. The second kappa shape index (κ2) is 6.07. The zero-order valence-electron chi connectivity index (χ0n) is 9.47. The quantitative estimate of drug-likeness (QED) is 0.676. The molecule has 2 aromatic rings. The first-order valence-corrected chi connectivity index (χ1v) is 6.59. The van der Waals surface area contributed by atoms with E-state index in [0.29, 0.717) is 22.8 Å². The Labute approximate surface area is 120 Å². The molecule has 0 aromatic heterocycles. The van der Waals surface area contributed by atoms with E-state index in [0.717, 1.165) is 16.3 Å². The largest absolute Gasteiger partial charge is 0.487 e. The highest BCUT2D eigenvalue weighted by molar-refractivity contribution is 9.10. The molecule has 2 aromatic carbocycles. The van der Waals surface area contributed by atoms with Gasteiger partial charge >= 0.3 is 0 Å². The van der Waals surface area contributed by atoms with Crippen LogP contribution in [-0.4, -0.2) is 6.29 Å². The summed E-state index contributed by atoms with van der Waals surface area (Å²) >= 11 is 7.64. The summed E-state index contributed by atoms with van der Waals surface area (Å²) in [5.41, 5.74) is 1.54. The Morgan fingerprint density at radius 1 is 1.22 bits per heavy atom. The van der Waals surface area contributed by atoms with Crippen molar-refractivity contribution in [1.29, 1.82) is 0 Å². The molecule has 2 rings (SSSR count). The van der Waals surface area contributed by atoms with Crippen LogP contribution in [0, 0.1) is 0 Å². The lowest BCUT2D eigenvalue weighted by atomic mass is 10.2. The van der Waals surface area contributed by atoms with Crippen LogP contribution in [0.2, 0.25) is 0 Å². The Bertz CT molecular complexity index is 555. The fourth-order valence-corrected chi connectivity index (χ4v) is 2.56. The van der Waals surface area contributed by atoms with Gasteiger partial charge in [0.25, 0.3) is 0 Å². The molecular formula is C14H11BrO2S. The SMILES string of the molecule is O=Cc1cc(Br)cc(S)c1OCc1ccccc1. The maximum absolute atomic E-state index is 11.0. The second-order valence-corrected chi connectivity index (χ2v) is 5.13. The molecule has 0 aliphatic carbocycles. The van der Waals surface area contributed by atoms with Gasteiger partial charge in [-0.25, -0.2) is 0 Å². The van der Waals surface area contributed by atoms with Crippen LogP contribution in [0.15, 0.2) is 51.8 Å². The fraction of sp³-hybridized carbons (Fsp3) is 0.0714. The van der Waals surface area contributed by atoms with Crippen LogP contribution in [0.5, 0.6) is 5.75 Å². The van der Waals surface area contributed by atoms with Crippen molar-refractivity contribution in [1.82, 2.24) is 0 Å². The van der Waals surface area contributed by atoms with E-state index in [1.807, 2.05) is 30.3 Å². The Morgan fingerprint density at radius 3 is 2.61 bits per heavy atom. The average Bonchev–Trinajstić information content (AvgIpc) is 2.38. The number of rotatable bonds is 4. The van der Waals surface area contributed by atoms with Gasteiger partial charge in [0.2, 0.25) is 0 Å². The Kier molecular flexibility index (Phi) is 4.44. The number of carbonyl (C=O) groups excluding carboxylic acids is 1. The number of hydrogen-bond acceptors (Lipinski definition) is 3. The zero-order valence-corrected chi connectivity index (χ0v) is 11.9. The van der Waals surface area contributed by atoms with Crippen molar-refractivity contribution in [3.8, 4) is 5.75 Å². The van der Waals surface area contributed by atoms with E-state index >= 15 is 0 Å². The van der Waals surface area contributed by atoms with Gasteiger partial charge < -0.3 is 4.74 Å². The van der Waals surface area contributed by atoms with E-state index in [-0.39, 0.29) is 0 Å². The Balaban J connectivity index is 2.21. The minimum absolute atomic E-state index is 0.414. The molecule has 0 fully saturated rings. The maximum Gasteiger partial charge on any atom is 0.153 e. The number of ether oxygens (including phenoxy) is 1. The second-order valence-electron chi connectivity index (χ2n) is 3.74. The first kappa shape index (κ1) is 13.2. The van der Waals surface area contributed by atoms with Gasteiger partial charge in [-0.2, -0.15) is 0 Å². The number of hydrogen-bond donors (Lipinski definition) is 1. The van der Waals surface area contributed by atoms with E-state index in [1.54, 1.807) is 12.1 Å². The summed E-state index contributed by atoms with van der Waals surface area (Å²) in [6.07, 6.45) is 0.769. The van der Waals surface area contributed by atoms with Crippen LogP contribution in [0.4, 0.5) is 0 Å². The first-order chi connectivity index (χ1) is 8.70. The smallest absolute Gasteiger partial charge is 0.153 e. The normalized spacial score (nSPS) is 10.1. The summed E-state index contributed by atoms with van der Waals surface area (Å²) in [7, 11) is 0. The molecule has 0 atom stereocenters. The number of carbonyl (C=O) groups is 1. The van der Waals surface area contributed by atoms with Crippen LogP contribution in [0.25, 0.3) is 0 Å². The highest BCUT2D eigenvalue weighted by Gasteiger charge is 2.09. The van der Waals surface area contributed by atoms with E-state index < -0.39 is 0 Å². The van der Waals surface area contributed by atoms with Gasteiger partial charge in [-0.3, -0.25) is 4.79 Å². The number of aldehydes is 1. The van der Waals surface area contributed by atoms with Crippen molar-refractivity contribution in [2.45, 2.75) is 11.5 Å². The third-order valence-corrected chi connectivity index (χ3v) is 3.21. The summed E-state index contributed by atoms with van der Waals surface area (Å²) in [4.78, 5) is 11.6. The van der Waals surface area contributed by atoms with Crippen LogP contribution < -0.4 is 4.74 Å². The number of halogens is 1. The minimum atomic E-state index is 0.414. The predicted molar refractivity (Wildman–Crippen MR) is 77.6 cm³/mol. The van der Waals surface area contributed by atoms with Gasteiger partial charge in [0.1, 0.15) is 12.4 Å². The van der Waals surface area contributed by atoms with Crippen LogP contribution in [0.3, 0.4) is 0 Å². The van der Waals surface area contributed by atoms with Crippen molar-refractivity contribution in [3.05, 3.63) is 58.1 Å². The third-order valence-electron chi connectivity index (χ3n) is 2.42. The summed E-state index contributed by atoms with van der Waals surface area (Å²) < 4.78 is 6.48. The van der Waals surface area contributed by atoms with E-state index in [9.17, 15) is 4.79 Å². The maximum atomic E-state index is 11.0. The monoisotopic (exact) mass is 322 g/mol. The van der Waals surface area contributed by atoms with Crippen LogP contribution in [-0.2, 0) is 6.61 Å². The van der Waals surface area contributed by atoms with Crippen LogP contribution >= 0.6 is 28.6 Å². The van der Waals surface area contributed by atoms with E-state index in [2.05, 4.69) is 28.6 Å². The molecule has 0 N–H and O–H groups in total. The lowest BCUT2D eigenvalue weighted by molar-refractivity contribution is 0.111. The molecule has 92 valence electrons. The molecule has 2 nitrogen and oxygen atoms in total. The van der Waals surface area contributed by atoms with E-state index in [4.69, 9.17) is 4.74 Å². The highest BCUT2D eigenvalue weighted by atomic mass is 79.9. The Morgan fingerprint density at radius 2 is 1.94 bits per heavy atom. The topological polar surface area (TPSA) is 26.3 Å². The first-order valence-electron chi connectivity index (χ1n) is 5.35. The summed E-state index contributed by atoms with van der Waals surface area (Å²) in [6.45, 7) is 0.414. The number of thiol groups is 1. The molecule has 0 radical (unpaired) electrons. The third kappa shape index (κ3) is 3.15. The summed E-state index contributed by atoms with van der Waals surface area (Å²) in [5.74, 6) is 0.514. The molecule has 0 bridgehead atoms. The molecular weight excluding hydrogens is 312 g/mol. The molecule has 0 aliphatic rings. The van der Waals surface area contributed by atoms with Crippen molar-refractivity contribution in [2.24, 2.45) is 0 Å². The molecule has 0 unspecified atom stereocenters. The molecule has 0 heterocycles. The van der Waals surface area contributed by atoms with Gasteiger partial charge in [0.15, 0.2) is 6.29 Å². The van der Waals surface area contributed by atoms with E-state index in [1.165, 1.54) is 0 Å². The van der Waals surface area contributed by atoms with Gasteiger partial charge in [0.05, 0.1) is 5.56 Å². The Hall–Kier alpha value is -1.26. The fourth-order valence-electron chi connectivity index (χ4n) is 1.57. The predicted octanol–water partition coefficient (Wildman–Crippen LogP) is 4.13. The van der Waals surface area contributed by atoms with Gasteiger partial charge in [-0.1, -0.05) is 46.3 Å². The lowest BCUT2D eigenvalue weighted by Gasteiger charge is -2.11. The molecule has 0 aliphatic heterocycles. The highest BCUT2D eigenvalue weighted by Crippen LogP contribution is 2.30. The minimum Gasteiger partial charge on any atom is -0.487 e. The summed E-state index contributed by atoms with van der Waals surface area (Å²) in [5, 5.41) is 0. The van der Waals surface area contributed by atoms with Crippen molar-refractivity contribution in [2.75, 3.05) is 0 Å². The van der Waals surface area contributed by atoms with Crippen molar-refractivity contribution >= 4 is 34.8 Å². The zero-order chi connectivity index (χ0) is 13.0. The molecule has 0 saturated carbocycles. The summed E-state index contributed by atoms with van der Waals surface area (Å²) in [6, 6.07) is 13.3. The van der Waals surface area contributed by atoms with Gasteiger partial charge in [0, 0.05) is 9.37 Å². The molecule has 0 saturated heterocycles. The molecule has 0 spiro atoms. The van der Waals surface area contributed by atoms with Crippen molar-refractivity contribution in [3.63, 3.8) is 0 Å². The molecule has 4 heteroatoms. The standard InChI is InChI=1S/C14H11BrO2S/c15-12-6-11(8-16)14(13(18)7-12)17-9-10-4-2-1-3-5-10/h1-8,18H,9H2. The average molecular weight is 323 g/mol. The van der Waals surface area contributed by atoms with Gasteiger partial charge in [-0.15, -0.1) is 12.6 Å².